The zero-order chi connectivity index (χ0) is 14.6. The molecule has 0 aromatic carbocycles. The number of nitrogens with zero attached hydrogens (tertiary/aromatic N) is 4. The van der Waals surface area contributed by atoms with Crippen LogP contribution in [-0.2, 0) is 13.5 Å². The van der Waals surface area contributed by atoms with Crippen molar-refractivity contribution in [2.24, 2.45) is 7.05 Å². The van der Waals surface area contributed by atoms with Gasteiger partial charge in [-0.2, -0.15) is 5.10 Å². The summed E-state index contributed by atoms with van der Waals surface area (Å²) in [4.78, 5) is 10.9. The van der Waals surface area contributed by atoms with E-state index in [2.05, 4.69) is 17.3 Å². The van der Waals surface area contributed by atoms with Gasteiger partial charge in [-0.3, -0.25) is 0 Å². The van der Waals surface area contributed by atoms with Crippen LogP contribution in [0.25, 0.3) is 10.3 Å². The predicted octanol–water partition coefficient (Wildman–Crippen LogP) is 3.59. The Morgan fingerprint density at radius 3 is 2.90 bits per heavy atom. The molecule has 0 saturated carbocycles. The van der Waals surface area contributed by atoms with Gasteiger partial charge < -0.3 is 5.32 Å². The van der Waals surface area contributed by atoms with Crippen LogP contribution in [0.2, 0.25) is 0 Å². The molecule has 1 atom stereocenters. The molecule has 0 spiro atoms. The molecule has 1 aliphatic carbocycles. The third-order valence-corrected chi connectivity index (χ3v) is 6.03. The van der Waals surface area contributed by atoms with Crippen LogP contribution in [-0.4, -0.2) is 19.7 Å². The molecule has 1 aliphatic rings. The molecule has 3 aromatic heterocycles. The molecular weight excluding hydrogens is 302 g/mol. The molecule has 110 valence electrons. The van der Waals surface area contributed by atoms with Gasteiger partial charge >= 0.3 is 0 Å². The van der Waals surface area contributed by atoms with Crippen LogP contribution in [0.5, 0.6) is 0 Å². The standard InChI is InChI=1S/C14H17N5S2/c1-7-12-13(19(3)18-7)17-14(21-12)16-9-5-4-6-10-11(9)15-8(2)20-10/h9H,4-6H2,1-3H3,(H,16,17)/t9-/m0/s1. The number of hydrogen-bond donors (Lipinski definition) is 1. The molecule has 3 heterocycles. The highest BCUT2D eigenvalue weighted by Gasteiger charge is 2.25. The Morgan fingerprint density at radius 1 is 1.24 bits per heavy atom. The van der Waals surface area contributed by atoms with Gasteiger partial charge in [0.05, 0.1) is 27.1 Å². The number of rotatable bonds is 2. The summed E-state index contributed by atoms with van der Waals surface area (Å²) in [6.07, 6.45) is 3.52. The number of aromatic nitrogens is 4. The summed E-state index contributed by atoms with van der Waals surface area (Å²) in [5.41, 5.74) is 3.25. The van der Waals surface area contributed by atoms with E-state index in [9.17, 15) is 0 Å². The Hall–Kier alpha value is -1.47. The number of hydrogen-bond acceptors (Lipinski definition) is 6. The minimum atomic E-state index is 0.299. The largest absolute Gasteiger partial charge is 0.353 e. The van der Waals surface area contributed by atoms with Crippen molar-refractivity contribution in [2.75, 3.05) is 5.32 Å². The second-order valence-electron chi connectivity index (χ2n) is 5.51. The zero-order valence-corrected chi connectivity index (χ0v) is 13.9. The first kappa shape index (κ1) is 13.2. The van der Waals surface area contributed by atoms with Gasteiger partial charge in [0.1, 0.15) is 0 Å². The minimum Gasteiger partial charge on any atom is -0.353 e. The maximum atomic E-state index is 4.72. The summed E-state index contributed by atoms with van der Waals surface area (Å²) in [7, 11) is 1.95. The van der Waals surface area contributed by atoms with E-state index in [0.717, 1.165) is 27.9 Å². The quantitative estimate of drug-likeness (QED) is 0.784. The summed E-state index contributed by atoms with van der Waals surface area (Å²) in [6, 6.07) is 0.299. The second kappa shape index (κ2) is 4.78. The van der Waals surface area contributed by atoms with Crippen LogP contribution in [0.15, 0.2) is 0 Å². The summed E-state index contributed by atoms with van der Waals surface area (Å²) >= 11 is 3.52. The lowest BCUT2D eigenvalue weighted by Gasteiger charge is -2.21. The highest BCUT2D eigenvalue weighted by atomic mass is 32.1. The van der Waals surface area contributed by atoms with E-state index >= 15 is 0 Å². The highest BCUT2D eigenvalue weighted by molar-refractivity contribution is 7.22. The third-order valence-electron chi connectivity index (χ3n) is 3.90. The average molecular weight is 319 g/mol. The van der Waals surface area contributed by atoms with Crippen molar-refractivity contribution in [3.05, 3.63) is 21.3 Å². The molecular formula is C14H17N5S2. The molecule has 0 unspecified atom stereocenters. The lowest BCUT2D eigenvalue weighted by atomic mass is 9.98. The zero-order valence-electron chi connectivity index (χ0n) is 12.3. The number of thiazole rings is 2. The van der Waals surface area contributed by atoms with Crippen LogP contribution in [0.4, 0.5) is 5.13 Å². The van der Waals surface area contributed by atoms with E-state index in [0.29, 0.717) is 6.04 Å². The van der Waals surface area contributed by atoms with Gasteiger partial charge in [-0.05, 0) is 33.1 Å². The molecule has 0 bridgehead atoms. The number of aryl methyl sites for hydroxylation is 4. The first-order chi connectivity index (χ1) is 10.1. The first-order valence-electron chi connectivity index (χ1n) is 7.14. The molecule has 1 N–H and O–H groups in total. The lowest BCUT2D eigenvalue weighted by molar-refractivity contribution is 0.593. The molecule has 0 radical (unpaired) electrons. The van der Waals surface area contributed by atoms with Crippen molar-refractivity contribution < 1.29 is 0 Å². The van der Waals surface area contributed by atoms with Crippen molar-refractivity contribution in [2.45, 2.75) is 39.2 Å². The maximum Gasteiger partial charge on any atom is 0.185 e. The first-order valence-corrected chi connectivity index (χ1v) is 8.78. The van der Waals surface area contributed by atoms with E-state index in [1.54, 1.807) is 11.3 Å². The van der Waals surface area contributed by atoms with Gasteiger partial charge in [0.25, 0.3) is 0 Å². The fraction of sp³-hybridized carbons (Fsp3) is 0.500. The van der Waals surface area contributed by atoms with Gasteiger partial charge in [-0.25, -0.2) is 14.6 Å². The fourth-order valence-corrected chi connectivity index (χ4v) is 5.00. The van der Waals surface area contributed by atoms with Crippen molar-refractivity contribution in [1.82, 2.24) is 19.7 Å². The smallest absolute Gasteiger partial charge is 0.185 e. The Kier molecular flexibility index (Phi) is 3.00. The molecule has 0 fully saturated rings. The highest BCUT2D eigenvalue weighted by Crippen LogP contribution is 2.37. The van der Waals surface area contributed by atoms with Gasteiger partial charge in [0.15, 0.2) is 10.8 Å². The molecule has 21 heavy (non-hydrogen) atoms. The van der Waals surface area contributed by atoms with E-state index in [-0.39, 0.29) is 0 Å². The molecule has 3 aromatic rings. The number of fused-ring (bicyclic) bond motifs is 2. The van der Waals surface area contributed by atoms with Crippen molar-refractivity contribution >= 4 is 38.2 Å². The molecule has 0 saturated heterocycles. The van der Waals surface area contributed by atoms with Gasteiger partial charge in [-0.15, -0.1) is 11.3 Å². The van der Waals surface area contributed by atoms with Gasteiger partial charge in [-0.1, -0.05) is 11.3 Å². The van der Waals surface area contributed by atoms with Crippen LogP contribution in [0, 0.1) is 13.8 Å². The Labute approximate surface area is 131 Å². The van der Waals surface area contributed by atoms with E-state index in [1.807, 2.05) is 30.0 Å². The Morgan fingerprint density at radius 2 is 2.10 bits per heavy atom. The molecule has 0 amide bonds. The molecule has 0 aliphatic heterocycles. The van der Waals surface area contributed by atoms with Crippen LogP contribution >= 0.6 is 22.7 Å². The topological polar surface area (TPSA) is 55.6 Å². The van der Waals surface area contributed by atoms with Gasteiger partial charge in [0, 0.05) is 11.9 Å². The predicted molar refractivity (Wildman–Crippen MR) is 87.3 cm³/mol. The average Bonchev–Trinajstić information content (AvgIpc) is 3.07. The Balaban J connectivity index is 1.67. The normalized spacial score (nSPS) is 18.1. The van der Waals surface area contributed by atoms with Crippen LogP contribution in [0.3, 0.4) is 0 Å². The second-order valence-corrected chi connectivity index (χ2v) is 7.80. The third kappa shape index (κ3) is 2.15. The monoisotopic (exact) mass is 319 g/mol. The molecule has 7 heteroatoms. The van der Waals surface area contributed by atoms with Crippen molar-refractivity contribution in [1.29, 1.82) is 0 Å². The Bertz CT molecular complexity index is 778. The van der Waals surface area contributed by atoms with Gasteiger partial charge in [0.2, 0.25) is 0 Å². The maximum absolute atomic E-state index is 4.72. The number of nitrogens with one attached hydrogen (secondary N) is 1. The minimum absolute atomic E-state index is 0.299. The molecule has 5 nitrogen and oxygen atoms in total. The fourth-order valence-electron chi connectivity index (χ4n) is 2.98. The van der Waals surface area contributed by atoms with E-state index in [4.69, 9.17) is 9.97 Å². The molecule has 4 rings (SSSR count). The van der Waals surface area contributed by atoms with E-state index < -0.39 is 0 Å². The summed E-state index contributed by atoms with van der Waals surface area (Å²) in [5.74, 6) is 0. The van der Waals surface area contributed by atoms with Crippen LogP contribution in [0.1, 0.15) is 40.2 Å². The van der Waals surface area contributed by atoms with Crippen LogP contribution < -0.4 is 5.32 Å². The van der Waals surface area contributed by atoms with Crippen molar-refractivity contribution in [3.8, 4) is 0 Å². The summed E-state index contributed by atoms with van der Waals surface area (Å²) in [5, 5.41) is 10.1. The number of anilines is 1. The summed E-state index contributed by atoms with van der Waals surface area (Å²) < 4.78 is 3.02. The SMILES string of the molecule is Cc1nc2c(s1)CCC[C@@H]2Nc1nc2c(s1)c(C)nn2C. The van der Waals surface area contributed by atoms with E-state index in [1.165, 1.54) is 28.1 Å². The summed E-state index contributed by atoms with van der Waals surface area (Å²) in [6.45, 7) is 4.12. The van der Waals surface area contributed by atoms with Crippen molar-refractivity contribution in [3.63, 3.8) is 0 Å². The lowest BCUT2D eigenvalue weighted by Crippen LogP contribution is -2.16.